The SMILES string of the molecule is O=C(c1cnccn1)N1CCC[C@@H]1c1ncc(Cc2ccc(Cl)cc2)o1. The highest BCUT2D eigenvalue weighted by Gasteiger charge is 2.34. The van der Waals surface area contributed by atoms with Crippen molar-refractivity contribution in [3.63, 3.8) is 0 Å². The van der Waals surface area contributed by atoms with Crippen molar-refractivity contribution in [1.82, 2.24) is 19.9 Å². The van der Waals surface area contributed by atoms with Crippen molar-refractivity contribution in [2.45, 2.75) is 25.3 Å². The highest BCUT2D eigenvalue weighted by Crippen LogP contribution is 2.32. The monoisotopic (exact) mass is 368 g/mol. The van der Waals surface area contributed by atoms with Crippen molar-refractivity contribution in [2.24, 2.45) is 0 Å². The van der Waals surface area contributed by atoms with Gasteiger partial charge in [0, 0.05) is 30.4 Å². The summed E-state index contributed by atoms with van der Waals surface area (Å²) in [5.41, 5.74) is 1.43. The summed E-state index contributed by atoms with van der Waals surface area (Å²) in [6, 6.07) is 7.47. The molecule has 1 saturated heterocycles. The molecule has 0 saturated carbocycles. The number of hydrogen-bond acceptors (Lipinski definition) is 5. The van der Waals surface area contributed by atoms with Crippen LogP contribution < -0.4 is 0 Å². The summed E-state index contributed by atoms with van der Waals surface area (Å²) in [6.07, 6.45) is 8.66. The maximum absolute atomic E-state index is 12.7. The molecule has 1 aliphatic heterocycles. The number of oxazole rings is 1. The zero-order valence-electron chi connectivity index (χ0n) is 14.0. The standard InChI is InChI=1S/C19H17ClN4O2/c20-14-5-3-13(4-6-14)10-15-11-23-18(26-15)17-2-1-9-24(17)19(25)16-12-21-7-8-22-16/h3-8,11-12,17H,1-2,9-10H2/t17-/m1/s1. The lowest BCUT2D eigenvalue weighted by Crippen LogP contribution is -2.31. The number of carbonyl (C=O) groups excluding carboxylic acids is 1. The maximum Gasteiger partial charge on any atom is 0.274 e. The number of carbonyl (C=O) groups is 1. The van der Waals surface area contributed by atoms with Gasteiger partial charge in [-0.3, -0.25) is 9.78 Å². The Balaban J connectivity index is 1.51. The van der Waals surface area contributed by atoms with Crippen LogP contribution in [0.2, 0.25) is 5.02 Å². The molecule has 1 aromatic carbocycles. The van der Waals surface area contributed by atoms with Gasteiger partial charge >= 0.3 is 0 Å². The second kappa shape index (κ2) is 7.25. The van der Waals surface area contributed by atoms with Crippen LogP contribution in [0.1, 0.15) is 46.6 Å². The molecule has 1 amide bonds. The summed E-state index contributed by atoms with van der Waals surface area (Å²) in [4.78, 5) is 27.0. The first-order valence-corrected chi connectivity index (χ1v) is 8.84. The average Bonchev–Trinajstić information content (AvgIpc) is 3.33. The second-order valence-corrected chi connectivity index (χ2v) is 6.65. The Labute approximate surface area is 155 Å². The maximum atomic E-state index is 12.7. The van der Waals surface area contributed by atoms with E-state index in [1.54, 1.807) is 17.3 Å². The minimum absolute atomic E-state index is 0.141. The van der Waals surface area contributed by atoms with E-state index < -0.39 is 0 Å². The van der Waals surface area contributed by atoms with Crippen molar-refractivity contribution in [1.29, 1.82) is 0 Å². The van der Waals surface area contributed by atoms with Gasteiger partial charge in [0.15, 0.2) is 0 Å². The van der Waals surface area contributed by atoms with Crippen LogP contribution in [-0.2, 0) is 6.42 Å². The van der Waals surface area contributed by atoms with Gasteiger partial charge in [0.1, 0.15) is 17.5 Å². The van der Waals surface area contributed by atoms with E-state index in [1.807, 2.05) is 24.3 Å². The quantitative estimate of drug-likeness (QED) is 0.702. The predicted octanol–water partition coefficient (Wildman–Crippen LogP) is 3.69. The van der Waals surface area contributed by atoms with Crippen LogP contribution in [-0.4, -0.2) is 32.3 Å². The lowest BCUT2D eigenvalue weighted by molar-refractivity contribution is 0.0708. The number of aromatic nitrogens is 3. The highest BCUT2D eigenvalue weighted by atomic mass is 35.5. The van der Waals surface area contributed by atoms with Gasteiger partial charge in [-0.2, -0.15) is 0 Å². The van der Waals surface area contributed by atoms with Crippen LogP contribution in [0.25, 0.3) is 0 Å². The second-order valence-electron chi connectivity index (χ2n) is 6.22. The third kappa shape index (κ3) is 3.46. The van der Waals surface area contributed by atoms with Crippen molar-refractivity contribution < 1.29 is 9.21 Å². The first kappa shape index (κ1) is 16.7. The van der Waals surface area contributed by atoms with Crippen LogP contribution in [0.4, 0.5) is 0 Å². The summed E-state index contributed by atoms with van der Waals surface area (Å²) in [5, 5.41) is 0.705. The predicted molar refractivity (Wildman–Crippen MR) is 95.8 cm³/mol. The van der Waals surface area contributed by atoms with Crippen LogP contribution in [0, 0.1) is 0 Å². The molecule has 1 aliphatic rings. The molecule has 132 valence electrons. The first-order valence-electron chi connectivity index (χ1n) is 8.47. The fraction of sp³-hybridized carbons (Fsp3) is 0.263. The molecule has 0 radical (unpaired) electrons. The molecule has 0 bridgehead atoms. The van der Waals surface area contributed by atoms with Gasteiger partial charge in [-0.25, -0.2) is 9.97 Å². The van der Waals surface area contributed by atoms with Gasteiger partial charge in [0.25, 0.3) is 5.91 Å². The van der Waals surface area contributed by atoms with Gasteiger partial charge in [-0.1, -0.05) is 23.7 Å². The molecule has 26 heavy (non-hydrogen) atoms. The summed E-state index contributed by atoms with van der Waals surface area (Å²) in [7, 11) is 0. The minimum atomic E-state index is -0.163. The van der Waals surface area contributed by atoms with Crippen molar-refractivity contribution in [3.8, 4) is 0 Å². The third-order valence-corrected chi connectivity index (χ3v) is 4.70. The van der Waals surface area contributed by atoms with Gasteiger partial charge < -0.3 is 9.32 Å². The Morgan fingerprint density at radius 2 is 2.04 bits per heavy atom. The van der Waals surface area contributed by atoms with E-state index in [9.17, 15) is 4.79 Å². The molecule has 3 aromatic rings. The van der Waals surface area contributed by atoms with E-state index in [0.717, 1.165) is 24.2 Å². The minimum Gasteiger partial charge on any atom is -0.443 e. The Hall–Kier alpha value is -2.73. The highest BCUT2D eigenvalue weighted by molar-refractivity contribution is 6.30. The first-order chi connectivity index (χ1) is 12.7. The Morgan fingerprint density at radius 3 is 2.81 bits per heavy atom. The lowest BCUT2D eigenvalue weighted by Gasteiger charge is -2.21. The van der Waals surface area contributed by atoms with Crippen molar-refractivity contribution >= 4 is 17.5 Å². The van der Waals surface area contributed by atoms with Crippen LogP contribution in [0.3, 0.4) is 0 Å². The normalized spacial score (nSPS) is 16.8. The topological polar surface area (TPSA) is 72.1 Å². The largest absolute Gasteiger partial charge is 0.443 e. The molecule has 2 aromatic heterocycles. The van der Waals surface area contributed by atoms with Crippen LogP contribution in [0.5, 0.6) is 0 Å². The van der Waals surface area contributed by atoms with Crippen LogP contribution >= 0.6 is 11.6 Å². The third-order valence-electron chi connectivity index (χ3n) is 4.44. The van der Waals surface area contributed by atoms with E-state index in [1.165, 1.54) is 12.4 Å². The van der Waals surface area contributed by atoms with E-state index >= 15 is 0 Å². The zero-order valence-corrected chi connectivity index (χ0v) is 14.8. The average molecular weight is 369 g/mol. The molecule has 0 N–H and O–H groups in total. The molecule has 6 nitrogen and oxygen atoms in total. The summed E-state index contributed by atoms with van der Waals surface area (Å²) < 4.78 is 5.94. The molecule has 1 fully saturated rings. The number of likely N-dealkylation sites (tertiary alicyclic amines) is 1. The van der Waals surface area contributed by atoms with Crippen LogP contribution in [0.15, 0.2) is 53.5 Å². The number of halogens is 1. The number of hydrogen-bond donors (Lipinski definition) is 0. The summed E-state index contributed by atoms with van der Waals surface area (Å²) in [5.74, 6) is 1.20. The van der Waals surface area contributed by atoms with Gasteiger partial charge in [-0.05, 0) is 30.5 Å². The van der Waals surface area contributed by atoms with Gasteiger partial charge in [0.2, 0.25) is 5.89 Å². The number of nitrogens with zero attached hydrogens (tertiary/aromatic N) is 4. The lowest BCUT2D eigenvalue weighted by atomic mass is 10.1. The molecule has 0 aliphatic carbocycles. The molecule has 0 spiro atoms. The van der Waals surface area contributed by atoms with E-state index in [0.29, 0.717) is 29.6 Å². The number of benzene rings is 1. The zero-order chi connectivity index (χ0) is 17.9. The van der Waals surface area contributed by atoms with Gasteiger partial charge in [-0.15, -0.1) is 0 Å². The summed E-state index contributed by atoms with van der Waals surface area (Å²) >= 11 is 5.92. The Morgan fingerprint density at radius 1 is 1.19 bits per heavy atom. The summed E-state index contributed by atoms with van der Waals surface area (Å²) in [6.45, 7) is 0.662. The molecular formula is C19H17ClN4O2. The van der Waals surface area contributed by atoms with E-state index in [2.05, 4.69) is 15.0 Å². The molecule has 3 heterocycles. The van der Waals surface area contributed by atoms with Gasteiger partial charge in [0.05, 0.1) is 12.4 Å². The van der Waals surface area contributed by atoms with E-state index in [4.69, 9.17) is 16.0 Å². The molecule has 0 unspecified atom stereocenters. The number of amides is 1. The number of rotatable bonds is 4. The molecule has 4 rings (SSSR count). The molecule has 1 atom stereocenters. The smallest absolute Gasteiger partial charge is 0.274 e. The Bertz CT molecular complexity index is 895. The van der Waals surface area contributed by atoms with Crippen molar-refractivity contribution in [2.75, 3.05) is 6.54 Å². The molecule has 7 heteroatoms. The molecular weight excluding hydrogens is 352 g/mol. The fourth-order valence-electron chi connectivity index (χ4n) is 3.19. The Kier molecular flexibility index (Phi) is 4.67. The van der Waals surface area contributed by atoms with E-state index in [-0.39, 0.29) is 11.9 Å². The fourth-order valence-corrected chi connectivity index (χ4v) is 3.31. The van der Waals surface area contributed by atoms with Crippen molar-refractivity contribution in [3.05, 3.63) is 77.0 Å².